The molecule has 2 aliphatic carbocycles. The molecule has 1 atom stereocenters. The normalized spacial score (nSPS) is 18.8. The molecule has 1 fully saturated rings. The molecule has 0 radical (unpaired) electrons. The number of aromatic nitrogens is 2. The number of carbonyl (C=O) groups is 3. The van der Waals surface area contributed by atoms with Crippen molar-refractivity contribution >= 4 is 49.8 Å². The lowest BCUT2D eigenvalue weighted by atomic mass is 9.71. The predicted octanol–water partition coefficient (Wildman–Crippen LogP) is 6.69. The van der Waals surface area contributed by atoms with E-state index in [1.807, 2.05) is 42.7 Å². The van der Waals surface area contributed by atoms with Gasteiger partial charge in [0.1, 0.15) is 13.1 Å². The largest absolute Gasteiger partial charge is 0.480 e. The summed E-state index contributed by atoms with van der Waals surface area (Å²) < 4.78 is 26.5. The molecular weight excluding hydrogens is 703 g/mol. The van der Waals surface area contributed by atoms with Gasteiger partial charge in [-0.15, -0.1) is 0 Å². The molecule has 3 aromatic carbocycles. The number of anilines is 1. The fraction of sp³-hybridized carbons (Fsp3) is 0.405. The second-order valence-electron chi connectivity index (χ2n) is 14.6. The average molecular weight is 752 g/mol. The van der Waals surface area contributed by atoms with Crippen LogP contribution in [0.15, 0.2) is 85.2 Å². The van der Waals surface area contributed by atoms with E-state index in [-0.39, 0.29) is 6.54 Å². The molecule has 2 N–H and O–H groups in total. The van der Waals surface area contributed by atoms with Crippen LogP contribution in [0, 0.1) is 17.8 Å². The summed E-state index contributed by atoms with van der Waals surface area (Å²) in [4.78, 5) is 48.2. The zero-order valence-corrected chi connectivity index (χ0v) is 31.8. The van der Waals surface area contributed by atoms with E-state index in [1.54, 1.807) is 36.4 Å². The molecule has 284 valence electrons. The van der Waals surface area contributed by atoms with Crippen LogP contribution in [0.4, 0.5) is 5.69 Å². The Morgan fingerprint density at radius 1 is 0.852 bits per heavy atom. The van der Waals surface area contributed by atoms with Crippen LogP contribution in [-0.4, -0.2) is 72.1 Å². The summed E-state index contributed by atoms with van der Waals surface area (Å²) in [6, 6.07) is 19.6. The first kappa shape index (κ1) is 38.6. The minimum Gasteiger partial charge on any atom is -0.480 e. The van der Waals surface area contributed by atoms with Crippen molar-refractivity contribution in [2.75, 3.05) is 30.2 Å². The van der Waals surface area contributed by atoms with Gasteiger partial charge in [-0.25, -0.2) is 18.4 Å². The summed E-state index contributed by atoms with van der Waals surface area (Å²) in [5, 5.41) is 13.5. The number of fused-ring (bicyclic) bond motifs is 1. The number of nitrogens with one attached hydrogen (secondary N) is 1. The number of allylic oxidation sites excluding steroid dienone is 2. The van der Waals surface area contributed by atoms with Crippen LogP contribution < -0.4 is 9.62 Å². The number of amides is 2. The smallest absolute Gasteiger partial charge is 0.323 e. The molecule has 0 bridgehead atoms. The maximum Gasteiger partial charge on any atom is 0.323 e. The minimum absolute atomic E-state index is 0.0122. The third kappa shape index (κ3) is 9.71. The van der Waals surface area contributed by atoms with Crippen LogP contribution in [-0.2, 0) is 31.0 Å². The fourth-order valence-electron chi connectivity index (χ4n) is 7.91. The Bertz CT molecular complexity index is 2090. The topological polar surface area (TPSA) is 150 Å². The second-order valence-corrected chi connectivity index (χ2v) is 16.5. The number of sulfonamides is 1. The van der Waals surface area contributed by atoms with Gasteiger partial charge in [0.25, 0.3) is 0 Å². The SMILES string of the molecule is CCC1CCC(C2CC=C(c3cnc(-c4ccc(CN(CC(=O)O)C(=O)CNC(=O)CN(c5cccc6ccccc56)S(C)(=O)=O)cc4)nc3)CC2)CC1. The molecule has 0 spiro atoms. The number of hydrogen-bond acceptors (Lipinski definition) is 7. The highest BCUT2D eigenvalue weighted by Gasteiger charge is 2.29. The monoisotopic (exact) mass is 751 g/mol. The van der Waals surface area contributed by atoms with E-state index in [0.29, 0.717) is 22.5 Å². The molecule has 1 heterocycles. The summed E-state index contributed by atoms with van der Waals surface area (Å²) in [6.07, 6.45) is 17.4. The Morgan fingerprint density at radius 3 is 2.20 bits per heavy atom. The van der Waals surface area contributed by atoms with E-state index in [9.17, 15) is 27.9 Å². The molecule has 12 heteroatoms. The molecule has 54 heavy (non-hydrogen) atoms. The molecule has 1 aromatic heterocycles. The lowest BCUT2D eigenvalue weighted by molar-refractivity contribution is -0.144. The highest BCUT2D eigenvalue weighted by Crippen LogP contribution is 2.41. The molecule has 4 aromatic rings. The van der Waals surface area contributed by atoms with Gasteiger partial charge in [0, 0.05) is 35.5 Å². The van der Waals surface area contributed by atoms with Crippen molar-refractivity contribution in [2.45, 2.75) is 64.8 Å². The quantitative estimate of drug-likeness (QED) is 0.145. The first-order chi connectivity index (χ1) is 26.0. The number of nitrogens with zero attached hydrogens (tertiary/aromatic N) is 4. The van der Waals surface area contributed by atoms with E-state index in [0.717, 1.165) is 62.6 Å². The van der Waals surface area contributed by atoms with Crippen molar-refractivity contribution in [3.8, 4) is 11.4 Å². The highest BCUT2D eigenvalue weighted by atomic mass is 32.2. The third-order valence-corrected chi connectivity index (χ3v) is 12.2. The molecule has 0 saturated heterocycles. The maximum absolute atomic E-state index is 13.2. The number of rotatable bonds is 14. The van der Waals surface area contributed by atoms with Crippen molar-refractivity contribution in [3.63, 3.8) is 0 Å². The molecule has 11 nitrogen and oxygen atoms in total. The first-order valence-electron chi connectivity index (χ1n) is 18.8. The fourth-order valence-corrected chi connectivity index (χ4v) is 8.78. The lowest BCUT2D eigenvalue weighted by Crippen LogP contribution is -2.45. The van der Waals surface area contributed by atoms with Crippen molar-refractivity contribution in [1.82, 2.24) is 20.2 Å². The number of carboxylic acid groups (broad SMARTS) is 1. The van der Waals surface area contributed by atoms with E-state index < -0.39 is 47.4 Å². The summed E-state index contributed by atoms with van der Waals surface area (Å²) in [7, 11) is -3.87. The Morgan fingerprint density at radius 2 is 1.56 bits per heavy atom. The molecule has 0 aliphatic heterocycles. The van der Waals surface area contributed by atoms with Gasteiger partial charge in [-0.3, -0.25) is 18.7 Å². The highest BCUT2D eigenvalue weighted by molar-refractivity contribution is 7.92. The van der Waals surface area contributed by atoms with Gasteiger partial charge >= 0.3 is 5.97 Å². The molecular formula is C42H49N5O6S. The summed E-state index contributed by atoms with van der Waals surface area (Å²) in [6.45, 7) is 0.662. The van der Waals surface area contributed by atoms with Crippen LogP contribution in [0.1, 0.15) is 69.4 Å². The van der Waals surface area contributed by atoms with Crippen LogP contribution >= 0.6 is 0 Å². The lowest BCUT2D eigenvalue weighted by Gasteiger charge is -2.35. The first-order valence-corrected chi connectivity index (χ1v) is 20.7. The molecule has 1 saturated carbocycles. The average Bonchev–Trinajstić information content (AvgIpc) is 3.18. The maximum atomic E-state index is 13.2. The van der Waals surface area contributed by atoms with Gasteiger partial charge in [-0.1, -0.05) is 92.9 Å². The molecule has 2 aliphatic rings. The Kier molecular flexibility index (Phi) is 12.4. The van der Waals surface area contributed by atoms with Crippen LogP contribution in [0.3, 0.4) is 0 Å². The van der Waals surface area contributed by atoms with Crippen LogP contribution in [0.25, 0.3) is 27.7 Å². The number of hydrogen-bond donors (Lipinski definition) is 2. The number of aliphatic carboxylic acids is 1. The molecule has 6 rings (SSSR count). The van der Waals surface area contributed by atoms with Gasteiger partial charge < -0.3 is 15.3 Å². The van der Waals surface area contributed by atoms with Gasteiger partial charge in [-0.2, -0.15) is 0 Å². The standard InChI is InChI=1S/C42H49N5O6S/c1-3-29-11-15-31(16-12-29)32-19-21-33(22-20-32)36-23-44-42(45-24-36)35-17-13-30(14-18-35)26-46(28-41(50)51)40(49)25-43-39(48)27-47(54(2,52)53)38-10-6-8-34-7-4-5-9-37(34)38/h4-10,13-14,17-18,21,23-24,29,31-32H,3,11-12,15-16,19-20,22,25-28H2,1-2H3,(H,43,48)(H,50,51). The van der Waals surface area contributed by atoms with Gasteiger partial charge in [0.15, 0.2) is 5.82 Å². The summed E-state index contributed by atoms with van der Waals surface area (Å²) in [5.41, 5.74) is 4.17. The van der Waals surface area contributed by atoms with Crippen LogP contribution in [0.2, 0.25) is 0 Å². The van der Waals surface area contributed by atoms with Gasteiger partial charge in [0.05, 0.1) is 18.5 Å². The third-order valence-electron chi connectivity index (χ3n) is 11.0. The van der Waals surface area contributed by atoms with E-state index >= 15 is 0 Å². The van der Waals surface area contributed by atoms with Crippen molar-refractivity contribution < 1.29 is 27.9 Å². The van der Waals surface area contributed by atoms with E-state index in [2.05, 4.69) is 28.3 Å². The Balaban J connectivity index is 1.04. The Labute approximate surface area is 317 Å². The van der Waals surface area contributed by atoms with Gasteiger partial charge in [-0.05, 0) is 72.4 Å². The number of carboxylic acids is 1. The number of benzene rings is 3. The summed E-state index contributed by atoms with van der Waals surface area (Å²) in [5.74, 6) is 0.585. The van der Waals surface area contributed by atoms with Crippen molar-refractivity contribution in [2.24, 2.45) is 17.8 Å². The van der Waals surface area contributed by atoms with E-state index in [1.165, 1.54) is 44.1 Å². The van der Waals surface area contributed by atoms with Gasteiger partial charge in [0.2, 0.25) is 21.8 Å². The minimum atomic E-state index is -3.87. The predicted molar refractivity (Wildman–Crippen MR) is 211 cm³/mol. The van der Waals surface area contributed by atoms with Crippen molar-refractivity contribution in [3.05, 3.63) is 96.3 Å². The van der Waals surface area contributed by atoms with Crippen LogP contribution in [0.5, 0.6) is 0 Å². The van der Waals surface area contributed by atoms with Crippen molar-refractivity contribution in [1.29, 1.82) is 0 Å². The molecule has 2 amide bonds. The summed E-state index contributed by atoms with van der Waals surface area (Å²) >= 11 is 0. The van der Waals surface area contributed by atoms with E-state index in [4.69, 9.17) is 0 Å². The zero-order chi connectivity index (χ0) is 38.2. The zero-order valence-electron chi connectivity index (χ0n) is 31.0. The Hall–Kier alpha value is -5.10. The number of carbonyl (C=O) groups excluding carboxylic acids is 2. The molecule has 1 unspecified atom stereocenters. The second kappa shape index (κ2) is 17.4.